The summed E-state index contributed by atoms with van der Waals surface area (Å²) in [7, 11) is -0.659. The number of benzene rings is 2. The molecular weight excluding hydrogens is 442 g/mol. The van der Waals surface area contributed by atoms with Gasteiger partial charge in [0.25, 0.3) is 0 Å². The molecule has 1 saturated heterocycles. The molecule has 2 aromatic carbocycles. The molecule has 0 radical (unpaired) electrons. The molecule has 1 aliphatic rings. The van der Waals surface area contributed by atoms with Crippen LogP contribution in [0.15, 0.2) is 41.3 Å². The summed E-state index contributed by atoms with van der Waals surface area (Å²) in [6.45, 7) is 3.78. The Morgan fingerprint density at radius 1 is 1.03 bits per heavy atom. The number of carbonyl (C=O) groups is 1. The second kappa shape index (κ2) is 11.4. The van der Waals surface area contributed by atoms with Crippen LogP contribution in [0.25, 0.3) is 0 Å². The van der Waals surface area contributed by atoms with Gasteiger partial charge in [-0.3, -0.25) is 4.79 Å². The Bertz CT molecular complexity index is 1070. The number of nitrogens with one attached hydrogen (secondary N) is 2. The lowest BCUT2D eigenvalue weighted by Gasteiger charge is -2.22. The van der Waals surface area contributed by atoms with Crippen molar-refractivity contribution in [3.8, 4) is 11.5 Å². The number of carbonyl (C=O) groups excluding carboxylic acids is 1. The summed E-state index contributed by atoms with van der Waals surface area (Å²) in [6.07, 6.45) is 3.66. The first-order chi connectivity index (χ1) is 15.9. The summed E-state index contributed by atoms with van der Waals surface area (Å²) in [5.41, 5.74) is 2.08. The number of hydrogen-bond donors (Lipinski definition) is 2. The van der Waals surface area contributed by atoms with E-state index in [0.717, 1.165) is 37.9 Å². The van der Waals surface area contributed by atoms with Gasteiger partial charge in [0.15, 0.2) is 11.5 Å². The number of amides is 1. The minimum absolute atomic E-state index is 0.129. The molecule has 2 aromatic rings. The van der Waals surface area contributed by atoms with Crippen molar-refractivity contribution in [2.75, 3.05) is 44.1 Å². The Kier molecular flexibility index (Phi) is 8.57. The van der Waals surface area contributed by atoms with E-state index in [9.17, 15) is 13.2 Å². The first-order valence-corrected chi connectivity index (χ1v) is 12.8. The van der Waals surface area contributed by atoms with Crippen molar-refractivity contribution in [1.82, 2.24) is 4.72 Å². The van der Waals surface area contributed by atoms with E-state index in [0.29, 0.717) is 35.7 Å². The van der Waals surface area contributed by atoms with Crippen molar-refractivity contribution >= 4 is 27.3 Å². The molecule has 0 aliphatic carbocycles. The third-order valence-electron chi connectivity index (χ3n) is 5.61. The second-order valence-corrected chi connectivity index (χ2v) is 9.75. The van der Waals surface area contributed by atoms with Crippen LogP contribution < -0.4 is 24.4 Å². The molecule has 3 rings (SSSR count). The van der Waals surface area contributed by atoms with Gasteiger partial charge < -0.3 is 19.7 Å². The Labute approximate surface area is 196 Å². The highest BCUT2D eigenvalue weighted by Crippen LogP contribution is 2.31. The van der Waals surface area contributed by atoms with Crippen LogP contribution in [0.1, 0.15) is 38.2 Å². The molecule has 0 aromatic heterocycles. The highest BCUT2D eigenvalue weighted by molar-refractivity contribution is 7.89. The Morgan fingerprint density at radius 2 is 1.76 bits per heavy atom. The van der Waals surface area contributed by atoms with Crippen molar-refractivity contribution in [2.24, 2.45) is 0 Å². The maximum absolute atomic E-state index is 13.3. The van der Waals surface area contributed by atoms with Crippen LogP contribution in [0.3, 0.4) is 0 Å². The van der Waals surface area contributed by atoms with Crippen molar-refractivity contribution in [1.29, 1.82) is 0 Å². The maximum Gasteiger partial charge on any atom is 0.242 e. The smallest absolute Gasteiger partial charge is 0.242 e. The molecule has 0 spiro atoms. The van der Waals surface area contributed by atoms with Crippen LogP contribution in [-0.4, -0.2) is 48.2 Å². The number of hydrogen-bond acceptors (Lipinski definition) is 6. The third kappa shape index (κ3) is 6.39. The number of ether oxygens (including phenoxy) is 2. The number of nitrogens with zero attached hydrogens (tertiary/aromatic N) is 1. The van der Waals surface area contributed by atoms with Crippen LogP contribution >= 0.6 is 0 Å². The van der Waals surface area contributed by atoms with E-state index in [4.69, 9.17) is 9.47 Å². The largest absolute Gasteiger partial charge is 0.493 e. The number of methoxy groups -OCH3 is 2. The normalized spacial score (nSPS) is 13.7. The fourth-order valence-electron chi connectivity index (χ4n) is 3.92. The SMILES string of the molecule is CCCC(=O)Nc1ccc(N2CCCC2)c(S(=O)(=O)NCCc2ccc(OC)c(OC)c2)c1. The second-order valence-electron chi connectivity index (χ2n) is 8.01. The fourth-order valence-corrected chi connectivity index (χ4v) is 5.20. The Hall–Kier alpha value is -2.78. The summed E-state index contributed by atoms with van der Waals surface area (Å²) in [5, 5.41) is 2.80. The number of rotatable bonds is 11. The molecule has 0 saturated carbocycles. The predicted octanol–water partition coefficient (Wildman–Crippen LogP) is 3.56. The molecule has 0 atom stereocenters. The van der Waals surface area contributed by atoms with Gasteiger partial charge in [-0.15, -0.1) is 0 Å². The molecule has 1 heterocycles. The predicted molar refractivity (Wildman–Crippen MR) is 130 cm³/mol. The molecule has 1 aliphatic heterocycles. The third-order valence-corrected chi connectivity index (χ3v) is 7.10. The topological polar surface area (TPSA) is 97.0 Å². The highest BCUT2D eigenvalue weighted by atomic mass is 32.2. The van der Waals surface area contributed by atoms with Crippen molar-refractivity contribution in [3.05, 3.63) is 42.0 Å². The van der Waals surface area contributed by atoms with Crippen molar-refractivity contribution in [3.63, 3.8) is 0 Å². The average molecular weight is 476 g/mol. The van der Waals surface area contributed by atoms with Crippen LogP contribution in [0, 0.1) is 0 Å². The number of anilines is 2. The minimum atomic E-state index is -3.80. The van der Waals surface area contributed by atoms with Gasteiger partial charge in [-0.2, -0.15) is 0 Å². The zero-order valence-corrected chi connectivity index (χ0v) is 20.3. The van der Waals surface area contributed by atoms with Gasteiger partial charge in [0.2, 0.25) is 15.9 Å². The minimum Gasteiger partial charge on any atom is -0.493 e. The zero-order chi connectivity index (χ0) is 23.8. The molecule has 180 valence electrons. The van der Waals surface area contributed by atoms with Crippen LogP contribution in [0.4, 0.5) is 11.4 Å². The quantitative estimate of drug-likeness (QED) is 0.516. The Morgan fingerprint density at radius 3 is 2.42 bits per heavy atom. The van der Waals surface area contributed by atoms with Crippen LogP contribution in [0.5, 0.6) is 11.5 Å². The lowest BCUT2D eigenvalue weighted by molar-refractivity contribution is -0.116. The van der Waals surface area contributed by atoms with Crippen molar-refractivity contribution < 1.29 is 22.7 Å². The Balaban J connectivity index is 1.78. The molecule has 8 nitrogen and oxygen atoms in total. The summed E-state index contributed by atoms with van der Waals surface area (Å²) in [6, 6.07) is 10.6. The van der Waals surface area contributed by atoms with E-state index >= 15 is 0 Å². The lowest BCUT2D eigenvalue weighted by atomic mass is 10.1. The molecule has 33 heavy (non-hydrogen) atoms. The summed E-state index contributed by atoms with van der Waals surface area (Å²) in [4.78, 5) is 14.3. The molecular formula is C24H33N3O5S. The van der Waals surface area contributed by atoms with E-state index in [1.54, 1.807) is 38.5 Å². The fraction of sp³-hybridized carbons (Fsp3) is 0.458. The van der Waals surface area contributed by atoms with Gasteiger partial charge in [0.1, 0.15) is 4.90 Å². The maximum atomic E-state index is 13.3. The first kappa shape index (κ1) is 24.9. The average Bonchev–Trinajstić information content (AvgIpc) is 3.34. The number of sulfonamides is 1. The van der Waals surface area contributed by atoms with E-state index < -0.39 is 10.0 Å². The molecule has 0 unspecified atom stereocenters. The molecule has 0 bridgehead atoms. The van der Waals surface area contributed by atoms with Gasteiger partial charge in [-0.05, 0) is 61.6 Å². The van der Waals surface area contributed by atoms with Crippen molar-refractivity contribution in [2.45, 2.75) is 43.9 Å². The van der Waals surface area contributed by atoms with E-state index in [2.05, 4.69) is 14.9 Å². The standard InChI is InChI=1S/C24H33N3O5S/c1-4-7-24(28)26-19-9-10-20(27-14-5-6-15-27)23(17-19)33(29,30)25-13-12-18-8-11-21(31-2)22(16-18)32-3/h8-11,16-17,25H,4-7,12-15H2,1-3H3,(H,26,28). The molecule has 2 N–H and O–H groups in total. The molecule has 9 heteroatoms. The van der Waals surface area contributed by atoms with Crippen LogP contribution in [-0.2, 0) is 21.2 Å². The molecule has 1 amide bonds. The van der Waals surface area contributed by atoms with Gasteiger partial charge >= 0.3 is 0 Å². The van der Waals surface area contributed by atoms with E-state index in [-0.39, 0.29) is 17.3 Å². The summed E-state index contributed by atoms with van der Waals surface area (Å²) >= 11 is 0. The first-order valence-electron chi connectivity index (χ1n) is 11.3. The lowest BCUT2D eigenvalue weighted by Crippen LogP contribution is -2.29. The van der Waals surface area contributed by atoms with E-state index in [1.807, 2.05) is 19.1 Å². The monoisotopic (exact) mass is 475 g/mol. The molecule has 1 fully saturated rings. The summed E-state index contributed by atoms with van der Waals surface area (Å²) < 4.78 is 39.9. The van der Waals surface area contributed by atoms with Gasteiger partial charge in [-0.25, -0.2) is 13.1 Å². The van der Waals surface area contributed by atoms with Gasteiger partial charge in [0, 0.05) is 31.7 Å². The van der Waals surface area contributed by atoms with Gasteiger partial charge in [0.05, 0.1) is 19.9 Å². The summed E-state index contributed by atoms with van der Waals surface area (Å²) in [5.74, 6) is 1.10. The van der Waals surface area contributed by atoms with E-state index in [1.165, 1.54) is 0 Å². The highest BCUT2D eigenvalue weighted by Gasteiger charge is 2.24. The zero-order valence-electron chi connectivity index (χ0n) is 19.5. The van der Waals surface area contributed by atoms with Gasteiger partial charge in [-0.1, -0.05) is 13.0 Å². The van der Waals surface area contributed by atoms with Crippen LogP contribution in [0.2, 0.25) is 0 Å².